The van der Waals surface area contributed by atoms with E-state index in [1.54, 1.807) is 21.0 Å². The third kappa shape index (κ3) is 7.58. The van der Waals surface area contributed by atoms with Crippen molar-refractivity contribution in [2.75, 3.05) is 13.7 Å². The van der Waals surface area contributed by atoms with E-state index in [2.05, 4.69) is 17.4 Å². The summed E-state index contributed by atoms with van der Waals surface area (Å²) in [5, 5.41) is 11.9. The standard InChI is InChI=1S/C23H29NO5/c1-16(2)22(25)24-21(23(26)27)14-18-8-10-20(11-9-18)29-13-12-17-4-6-19(7-5-17)15-28-3/h4-11,16,21H,12-15H2,1-3H3,(H,24,25)(H,26,27)/t21-/m0/s1. The van der Waals surface area contributed by atoms with E-state index in [1.807, 2.05) is 36.4 Å². The number of rotatable bonds is 11. The lowest BCUT2D eigenvalue weighted by atomic mass is 10.0. The van der Waals surface area contributed by atoms with Crippen LogP contribution in [0.1, 0.15) is 30.5 Å². The molecule has 0 spiro atoms. The molecule has 0 fully saturated rings. The van der Waals surface area contributed by atoms with E-state index >= 15 is 0 Å². The molecular formula is C23H29NO5. The van der Waals surface area contributed by atoms with Gasteiger partial charge in [0.2, 0.25) is 5.91 Å². The highest BCUT2D eigenvalue weighted by atomic mass is 16.5. The van der Waals surface area contributed by atoms with Gasteiger partial charge in [-0.3, -0.25) is 4.79 Å². The van der Waals surface area contributed by atoms with E-state index in [9.17, 15) is 14.7 Å². The number of aliphatic carboxylic acids is 1. The van der Waals surface area contributed by atoms with Crippen molar-refractivity contribution in [1.29, 1.82) is 0 Å². The van der Waals surface area contributed by atoms with E-state index in [4.69, 9.17) is 9.47 Å². The van der Waals surface area contributed by atoms with Gasteiger partial charge in [0.15, 0.2) is 0 Å². The molecule has 156 valence electrons. The Morgan fingerprint density at radius 3 is 2.10 bits per heavy atom. The van der Waals surface area contributed by atoms with Gasteiger partial charge in [0, 0.05) is 25.9 Å². The zero-order chi connectivity index (χ0) is 21.2. The first kappa shape index (κ1) is 22.4. The Morgan fingerprint density at radius 1 is 0.966 bits per heavy atom. The number of amides is 1. The zero-order valence-electron chi connectivity index (χ0n) is 17.2. The first-order valence-corrected chi connectivity index (χ1v) is 9.70. The van der Waals surface area contributed by atoms with Crippen molar-refractivity contribution in [3.63, 3.8) is 0 Å². The molecule has 0 aliphatic heterocycles. The molecule has 0 aliphatic rings. The summed E-state index contributed by atoms with van der Waals surface area (Å²) in [6, 6.07) is 14.6. The predicted octanol–water partition coefficient (Wildman–Crippen LogP) is 3.22. The molecule has 0 aromatic heterocycles. The van der Waals surface area contributed by atoms with Gasteiger partial charge in [0.1, 0.15) is 11.8 Å². The summed E-state index contributed by atoms with van der Waals surface area (Å²) >= 11 is 0. The molecular weight excluding hydrogens is 370 g/mol. The molecule has 2 rings (SSSR count). The summed E-state index contributed by atoms with van der Waals surface area (Å²) in [6.07, 6.45) is 1.01. The number of carbonyl (C=O) groups excluding carboxylic acids is 1. The minimum absolute atomic E-state index is 0.224. The fourth-order valence-corrected chi connectivity index (χ4v) is 2.75. The number of ether oxygens (including phenoxy) is 2. The number of hydrogen-bond donors (Lipinski definition) is 2. The minimum Gasteiger partial charge on any atom is -0.493 e. The van der Waals surface area contributed by atoms with Crippen LogP contribution < -0.4 is 10.1 Å². The highest BCUT2D eigenvalue weighted by molar-refractivity contribution is 5.84. The van der Waals surface area contributed by atoms with Crippen LogP contribution in [-0.4, -0.2) is 36.7 Å². The molecule has 6 heteroatoms. The van der Waals surface area contributed by atoms with Crippen LogP contribution in [-0.2, 0) is 33.8 Å². The van der Waals surface area contributed by atoms with Crippen LogP contribution in [0.3, 0.4) is 0 Å². The quantitative estimate of drug-likeness (QED) is 0.606. The lowest BCUT2D eigenvalue weighted by molar-refractivity contribution is -0.142. The summed E-state index contributed by atoms with van der Waals surface area (Å²) in [5.41, 5.74) is 3.14. The van der Waals surface area contributed by atoms with Crippen LogP contribution in [0.2, 0.25) is 0 Å². The molecule has 0 saturated carbocycles. The molecule has 0 radical (unpaired) electrons. The fourth-order valence-electron chi connectivity index (χ4n) is 2.75. The zero-order valence-corrected chi connectivity index (χ0v) is 17.2. The number of nitrogens with one attached hydrogen (secondary N) is 1. The monoisotopic (exact) mass is 399 g/mol. The van der Waals surface area contributed by atoms with E-state index < -0.39 is 12.0 Å². The van der Waals surface area contributed by atoms with E-state index in [-0.39, 0.29) is 18.2 Å². The first-order valence-electron chi connectivity index (χ1n) is 9.70. The van der Waals surface area contributed by atoms with Gasteiger partial charge in [-0.15, -0.1) is 0 Å². The molecule has 6 nitrogen and oxygen atoms in total. The van der Waals surface area contributed by atoms with Crippen molar-refractivity contribution in [3.05, 3.63) is 65.2 Å². The third-order valence-electron chi connectivity index (χ3n) is 4.50. The number of carboxylic acids is 1. The Balaban J connectivity index is 1.84. The smallest absolute Gasteiger partial charge is 0.326 e. The van der Waals surface area contributed by atoms with Gasteiger partial charge in [0.05, 0.1) is 13.2 Å². The van der Waals surface area contributed by atoms with Crippen LogP contribution in [0.5, 0.6) is 5.75 Å². The molecule has 2 aromatic carbocycles. The lowest BCUT2D eigenvalue weighted by Crippen LogP contribution is -2.44. The van der Waals surface area contributed by atoms with E-state index in [1.165, 1.54) is 5.56 Å². The third-order valence-corrected chi connectivity index (χ3v) is 4.50. The molecule has 0 bridgehead atoms. The van der Waals surface area contributed by atoms with Crippen LogP contribution in [0, 0.1) is 5.92 Å². The molecule has 0 heterocycles. The average molecular weight is 399 g/mol. The number of carboxylic acid groups (broad SMARTS) is 1. The Bertz CT molecular complexity index is 784. The second-order valence-corrected chi connectivity index (χ2v) is 7.25. The minimum atomic E-state index is -1.05. The Kier molecular flexibility index (Phi) is 8.68. The molecule has 2 N–H and O–H groups in total. The second kappa shape index (κ2) is 11.2. The van der Waals surface area contributed by atoms with Gasteiger partial charge in [-0.05, 0) is 28.8 Å². The van der Waals surface area contributed by atoms with Gasteiger partial charge < -0.3 is 19.9 Å². The van der Waals surface area contributed by atoms with Crippen molar-refractivity contribution < 1.29 is 24.2 Å². The van der Waals surface area contributed by atoms with Crippen LogP contribution in [0.4, 0.5) is 0 Å². The number of benzene rings is 2. The summed E-state index contributed by atoms with van der Waals surface area (Å²) in [4.78, 5) is 23.2. The van der Waals surface area contributed by atoms with Gasteiger partial charge >= 0.3 is 5.97 Å². The summed E-state index contributed by atoms with van der Waals surface area (Å²) in [7, 11) is 1.68. The van der Waals surface area contributed by atoms with Crippen molar-refractivity contribution in [2.45, 2.75) is 39.3 Å². The maximum Gasteiger partial charge on any atom is 0.326 e. The summed E-state index contributed by atoms with van der Waals surface area (Å²) < 4.78 is 10.9. The maximum absolute atomic E-state index is 11.8. The lowest BCUT2D eigenvalue weighted by Gasteiger charge is -2.16. The van der Waals surface area contributed by atoms with Crippen molar-refractivity contribution in [3.8, 4) is 5.75 Å². The van der Waals surface area contributed by atoms with E-state index in [0.717, 1.165) is 23.3 Å². The van der Waals surface area contributed by atoms with Crippen LogP contribution in [0.25, 0.3) is 0 Å². The summed E-state index contributed by atoms with van der Waals surface area (Å²) in [5.74, 6) is -0.852. The van der Waals surface area contributed by atoms with E-state index in [0.29, 0.717) is 13.2 Å². The molecule has 0 aliphatic carbocycles. The highest BCUT2D eigenvalue weighted by Gasteiger charge is 2.21. The summed E-state index contributed by atoms with van der Waals surface area (Å²) in [6.45, 7) is 4.61. The second-order valence-electron chi connectivity index (χ2n) is 7.25. The normalized spacial score (nSPS) is 11.9. The largest absolute Gasteiger partial charge is 0.493 e. The van der Waals surface area contributed by atoms with Gasteiger partial charge in [-0.25, -0.2) is 4.79 Å². The maximum atomic E-state index is 11.8. The highest BCUT2D eigenvalue weighted by Crippen LogP contribution is 2.15. The van der Waals surface area contributed by atoms with Crippen LogP contribution in [0.15, 0.2) is 48.5 Å². The number of carbonyl (C=O) groups is 2. The molecule has 1 amide bonds. The Labute approximate surface area is 171 Å². The van der Waals surface area contributed by atoms with Gasteiger partial charge in [0.25, 0.3) is 0 Å². The van der Waals surface area contributed by atoms with Crippen molar-refractivity contribution in [2.24, 2.45) is 5.92 Å². The first-order chi connectivity index (χ1) is 13.9. The Morgan fingerprint density at radius 2 is 1.55 bits per heavy atom. The predicted molar refractivity (Wildman–Crippen MR) is 111 cm³/mol. The fraction of sp³-hybridized carbons (Fsp3) is 0.391. The topological polar surface area (TPSA) is 84.9 Å². The molecule has 2 aromatic rings. The molecule has 0 saturated heterocycles. The van der Waals surface area contributed by atoms with Gasteiger partial charge in [-0.1, -0.05) is 50.2 Å². The molecule has 29 heavy (non-hydrogen) atoms. The SMILES string of the molecule is COCc1ccc(CCOc2ccc(C[C@H](NC(=O)C(C)C)C(=O)O)cc2)cc1. The number of methoxy groups -OCH3 is 1. The number of hydrogen-bond acceptors (Lipinski definition) is 4. The van der Waals surface area contributed by atoms with Crippen LogP contribution >= 0.6 is 0 Å². The van der Waals surface area contributed by atoms with Gasteiger partial charge in [-0.2, -0.15) is 0 Å². The van der Waals surface area contributed by atoms with Crippen molar-refractivity contribution >= 4 is 11.9 Å². The average Bonchev–Trinajstić information content (AvgIpc) is 2.70. The molecule has 1 atom stereocenters. The Hall–Kier alpha value is -2.86. The van der Waals surface area contributed by atoms with Crippen molar-refractivity contribution in [1.82, 2.24) is 5.32 Å². The molecule has 0 unspecified atom stereocenters.